The highest BCUT2D eigenvalue weighted by Gasteiger charge is 2.67. The molecule has 5 aliphatic rings. The van der Waals surface area contributed by atoms with Gasteiger partial charge in [0.05, 0.1) is 18.3 Å². The van der Waals surface area contributed by atoms with Crippen molar-refractivity contribution in [2.45, 2.75) is 110 Å². The van der Waals surface area contributed by atoms with Crippen LogP contribution in [0.4, 0.5) is 0 Å². The van der Waals surface area contributed by atoms with E-state index in [2.05, 4.69) is 34.6 Å². The van der Waals surface area contributed by atoms with Crippen LogP contribution in [0.5, 0.6) is 0 Å². The third-order valence-corrected chi connectivity index (χ3v) is 12.0. The van der Waals surface area contributed by atoms with E-state index in [1.165, 1.54) is 0 Å². The molecule has 0 bridgehead atoms. The topological polar surface area (TPSA) is 104 Å². The van der Waals surface area contributed by atoms with E-state index in [-0.39, 0.29) is 64.2 Å². The Balaban J connectivity index is 1.43. The van der Waals surface area contributed by atoms with Gasteiger partial charge in [-0.1, -0.05) is 34.6 Å². The zero-order valence-electron chi connectivity index (χ0n) is 22.2. The summed E-state index contributed by atoms with van der Waals surface area (Å²) in [5.41, 5.74) is -0.440. The van der Waals surface area contributed by atoms with Gasteiger partial charge in [-0.3, -0.25) is 9.59 Å². The first-order valence-corrected chi connectivity index (χ1v) is 14.1. The number of ketones is 1. The highest BCUT2D eigenvalue weighted by Crippen LogP contribution is 2.67. The lowest BCUT2D eigenvalue weighted by atomic mass is 9.43. The van der Waals surface area contributed by atoms with Gasteiger partial charge < -0.3 is 20.1 Å². The molecule has 5 fully saturated rings. The van der Waals surface area contributed by atoms with Crippen molar-refractivity contribution in [2.75, 3.05) is 0 Å². The SMILES string of the molecule is CC(C)C1CC(=O)OC(C(C)C2CC(=O)C3C4C(O)C(O)C5CC(O)CCC5(C)C4CCC23C)C1. The Morgan fingerprint density at radius 1 is 0.886 bits per heavy atom. The smallest absolute Gasteiger partial charge is 0.306 e. The molecule has 35 heavy (non-hydrogen) atoms. The van der Waals surface area contributed by atoms with Crippen LogP contribution in [0, 0.1) is 58.2 Å². The van der Waals surface area contributed by atoms with E-state index in [0.717, 1.165) is 32.1 Å². The summed E-state index contributed by atoms with van der Waals surface area (Å²) in [5.74, 6) is 0.529. The fourth-order valence-corrected chi connectivity index (χ4v) is 9.80. The second kappa shape index (κ2) is 8.80. The number of hydrogen-bond acceptors (Lipinski definition) is 6. The molecule has 0 aromatic heterocycles. The standard InChI is InChI=1S/C29H46O6/c1-14(2)16-10-22(35-23(32)11-16)15(3)19-13-21(31)25-24-18(7-9-29(19,25)5)28(4)8-6-17(30)12-20(28)26(33)27(24)34/h14-20,22,24-27,30,33-34H,6-13H2,1-5H3. The number of hydrogen-bond donors (Lipinski definition) is 3. The van der Waals surface area contributed by atoms with Gasteiger partial charge in [-0.25, -0.2) is 0 Å². The van der Waals surface area contributed by atoms with Gasteiger partial charge >= 0.3 is 5.97 Å². The summed E-state index contributed by atoms with van der Waals surface area (Å²) in [5, 5.41) is 33.0. The predicted molar refractivity (Wildman–Crippen MR) is 131 cm³/mol. The van der Waals surface area contributed by atoms with Crippen LogP contribution in [0.1, 0.15) is 86.0 Å². The van der Waals surface area contributed by atoms with Crippen LogP contribution in [-0.2, 0) is 14.3 Å². The van der Waals surface area contributed by atoms with Crippen molar-refractivity contribution in [3.05, 3.63) is 0 Å². The number of carbonyl (C=O) groups is 2. The highest BCUT2D eigenvalue weighted by atomic mass is 16.5. The number of Topliss-reactive ketones (excluding diaryl/α,β-unsaturated/α-hetero) is 1. The maximum atomic E-state index is 13.7. The molecule has 0 radical (unpaired) electrons. The molecular weight excluding hydrogens is 444 g/mol. The van der Waals surface area contributed by atoms with Gasteiger partial charge in [0.1, 0.15) is 11.9 Å². The first kappa shape index (κ1) is 25.7. The van der Waals surface area contributed by atoms with Crippen LogP contribution < -0.4 is 0 Å². The van der Waals surface area contributed by atoms with Crippen molar-refractivity contribution in [2.24, 2.45) is 58.2 Å². The lowest BCUT2D eigenvalue weighted by Gasteiger charge is -2.63. The van der Waals surface area contributed by atoms with Gasteiger partial charge in [-0.15, -0.1) is 0 Å². The van der Waals surface area contributed by atoms with E-state index in [0.29, 0.717) is 31.1 Å². The summed E-state index contributed by atoms with van der Waals surface area (Å²) in [6, 6.07) is 0. The molecule has 0 amide bonds. The van der Waals surface area contributed by atoms with Crippen LogP contribution >= 0.6 is 0 Å². The highest BCUT2D eigenvalue weighted by molar-refractivity contribution is 5.85. The van der Waals surface area contributed by atoms with E-state index in [1.807, 2.05) is 0 Å². The minimum atomic E-state index is -0.941. The number of cyclic esters (lactones) is 1. The fraction of sp³-hybridized carbons (Fsp3) is 0.931. The van der Waals surface area contributed by atoms with Crippen LogP contribution in [0.25, 0.3) is 0 Å². The van der Waals surface area contributed by atoms with Gasteiger partial charge in [0, 0.05) is 24.7 Å². The summed E-state index contributed by atoms with van der Waals surface area (Å²) in [6.45, 7) is 10.9. The van der Waals surface area contributed by atoms with Gasteiger partial charge in [0.2, 0.25) is 0 Å². The average Bonchev–Trinajstić information content (AvgIpc) is 3.08. The molecule has 0 aromatic rings. The molecule has 4 aliphatic carbocycles. The lowest BCUT2D eigenvalue weighted by Crippen LogP contribution is -2.65. The monoisotopic (exact) mass is 490 g/mol. The largest absolute Gasteiger partial charge is 0.462 e. The van der Waals surface area contributed by atoms with Crippen LogP contribution in [-0.4, -0.2) is 51.5 Å². The Kier molecular flexibility index (Phi) is 6.45. The van der Waals surface area contributed by atoms with Gasteiger partial charge in [0.25, 0.3) is 0 Å². The summed E-state index contributed by atoms with van der Waals surface area (Å²) < 4.78 is 5.88. The lowest BCUT2D eigenvalue weighted by molar-refractivity contribution is -0.223. The summed E-state index contributed by atoms with van der Waals surface area (Å²) in [6.07, 6.45) is 3.28. The Morgan fingerprint density at radius 3 is 2.26 bits per heavy atom. The van der Waals surface area contributed by atoms with E-state index in [4.69, 9.17) is 4.74 Å². The first-order chi connectivity index (χ1) is 16.4. The number of ether oxygens (including phenoxy) is 1. The van der Waals surface area contributed by atoms with Gasteiger partial charge in [-0.2, -0.15) is 0 Å². The third-order valence-electron chi connectivity index (χ3n) is 12.0. The average molecular weight is 491 g/mol. The fourth-order valence-electron chi connectivity index (χ4n) is 9.80. The number of rotatable bonds is 3. The minimum absolute atomic E-state index is 0.0785. The van der Waals surface area contributed by atoms with Crippen LogP contribution in [0.3, 0.4) is 0 Å². The predicted octanol–water partition coefficient (Wildman–Crippen LogP) is 3.74. The van der Waals surface area contributed by atoms with Crippen molar-refractivity contribution in [3.8, 4) is 0 Å². The van der Waals surface area contributed by atoms with Crippen LogP contribution in [0.2, 0.25) is 0 Å². The molecule has 3 N–H and O–H groups in total. The molecule has 6 heteroatoms. The molecule has 4 saturated carbocycles. The Bertz CT molecular complexity index is 856. The summed E-state index contributed by atoms with van der Waals surface area (Å²) in [4.78, 5) is 26.2. The molecule has 5 rings (SSSR count). The maximum absolute atomic E-state index is 13.7. The third kappa shape index (κ3) is 3.84. The van der Waals surface area contributed by atoms with Crippen molar-refractivity contribution in [3.63, 3.8) is 0 Å². The van der Waals surface area contributed by atoms with Crippen molar-refractivity contribution >= 4 is 11.8 Å². The van der Waals surface area contributed by atoms with Crippen LogP contribution in [0.15, 0.2) is 0 Å². The molecule has 0 spiro atoms. The Hall–Kier alpha value is -0.980. The quantitative estimate of drug-likeness (QED) is 0.521. The molecule has 13 atom stereocenters. The first-order valence-electron chi connectivity index (χ1n) is 14.1. The van der Waals surface area contributed by atoms with E-state index in [9.17, 15) is 24.9 Å². The van der Waals surface area contributed by atoms with Crippen molar-refractivity contribution in [1.29, 1.82) is 0 Å². The molecular formula is C29H46O6. The molecule has 13 unspecified atom stereocenters. The zero-order chi connectivity index (χ0) is 25.4. The Morgan fingerprint density at radius 2 is 1.57 bits per heavy atom. The maximum Gasteiger partial charge on any atom is 0.306 e. The number of carbonyl (C=O) groups excluding carboxylic acids is 2. The molecule has 6 nitrogen and oxygen atoms in total. The van der Waals surface area contributed by atoms with E-state index in [1.54, 1.807) is 0 Å². The summed E-state index contributed by atoms with van der Waals surface area (Å²) >= 11 is 0. The van der Waals surface area contributed by atoms with E-state index < -0.39 is 18.3 Å². The summed E-state index contributed by atoms with van der Waals surface area (Å²) in [7, 11) is 0. The minimum Gasteiger partial charge on any atom is -0.462 e. The van der Waals surface area contributed by atoms with Crippen molar-refractivity contribution in [1.82, 2.24) is 0 Å². The normalized spacial score (nSPS) is 52.9. The second-order valence-corrected chi connectivity index (χ2v) is 13.8. The number of esters is 1. The zero-order valence-corrected chi connectivity index (χ0v) is 22.2. The van der Waals surface area contributed by atoms with Crippen molar-refractivity contribution < 1.29 is 29.6 Å². The number of fused-ring (bicyclic) bond motifs is 5. The molecule has 198 valence electrons. The van der Waals surface area contributed by atoms with Gasteiger partial charge in [0.15, 0.2) is 0 Å². The Labute approximate surface area is 210 Å². The van der Waals surface area contributed by atoms with E-state index >= 15 is 0 Å². The number of aliphatic hydroxyl groups excluding tert-OH is 3. The van der Waals surface area contributed by atoms with Gasteiger partial charge in [-0.05, 0) is 84.9 Å². The molecule has 1 heterocycles. The molecule has 1 saturated heterocycles. The second-order valence-electron chi connectivity index (χ2n) is 13.8. The number of aliphatic hydroxyl groups is 3. The molecule has 1 aliphatic heterocycles. The molecule has 0 aromatic carbocycles.